The van der Waals surface area contributed by atoms with Gasteiger partial charge in [0.05, 0.1) is 16.1 Å². The Bertz CT molecular complexity index is 1340. The van der Waals surface area contributed by atoms with E-state index in [4.69, 9.17) is 16.3 Å². The van der Waals surface area contributed by atoms with Crippen LogP contribution in [0.1, 0.15) is 70.1 Å². The molecule has 3 aromatic carbocycles. The zero-order valence-electron chi connectivity index (χ0n) is 16.9. The summed E-state index contributed by atoms with van der Waals surface area (Å²) in [6.45, 7) is -0.444. The Morgan fingerprint density at radius 3 is 2.34 bits per heavy atom. The Balaban J connectivity index is 1.38. The van der Waals surface area contributed by atoms with E-state index in [0.717, 1.165) is 24.8 Å². The molecule has 0 fully saturated rings. The maximum absolute atomic E-state index is 13.0. The van der Waals surface area contributed by atoms with Gasteiger partial charge >= 0.3 is 5.97 Å². The Labute approximate surface area is 189 Å². The van der Waals surface area contributed by atoms with E-state index in [1.807, 2.05) is 12.1 Å². The summed E-state index contributed by atoms with van der Waals surface area (Å²) >= 11 is 6.39. The smallest absolute Gasteiger partial charge is 0.340 e. The number of benzene rings is 3. The van der Waals surface area contributed by atoms with Crippen LogP contribution in [0.25, 0.3) is 0 Å². The van der Waals surface area contributed by atoms with Gasteiger partial charge in [0.2, 0.25) is 0 Å². The van der Waals surface area contributed by atoms with Crippen molar-refractivity contribution >= 4 is 34.9 Å². The molecular weight excluding hydrogens is 428 g/mol. The number of hydrogen-bond acceptors (Lipinski definition) is 5. The number of halogens is 1. The van der Waals surface area contributed by atoms with Crippen LogP contribution in [0.4, 0.5) is 0 Å². The lowest BCUT2D eigenvalue weighted by Gasteiger charge is -2.19. The van der Waals surface area contributed by atoms with Crippen molar-refractivity contribution in [3.8, 4) is 0 Å². The van der Waals surface area contributed by atoms with Crippen LogP contribution in [0.5, 0.6) is 0 Å². The largest absolute Gasteiger partial charge is 0.454 e. The average Bonchev–Trinajstić information content (AvgIpc) is 3.28. The fraction of sp³-hybridized carbons (Fsp3) is 0.154. The number of esters is 1. The lowest BCUT2D eigenvalue weighted by molar-refractivity contribution is 0.0474. The average molecular weight is 445 g/mol. The predicted octanol–water partition coefficient (Wildman–Crippen LogP) is 4.64. The Morgan fingerprint density at radius 2 is 1.56 bits per heavy atom. The van der Waals surface area contributed by atoms with Gasteiger partial charge in [-0.2, -0.15) is 0 Å². The van der Waals surface area contributed by atoms with Crippen molar-refractivity contribution in [1.29, 1.82) is 0 Å². The topological polar surface area (TPSA) is 77.5 Å². The first-order chi connectivity index (χ1) is 15.5. The second kappa shape index (κ2) is 7.84. The van der Waals surface area contributed by atoms with Gasteiger partial charge < -0.3 is 4.74 Å². The van der Waals surface area contributed by atoms with Crippen molar-refractivity contribution < 1.29 is 23.9 Å². The zero-order chi connectivity index (χ0) is 22.4. The molecule has 0 aromatic heterocycles. The van der Waals surface area contributed by atoms with Crippen LogP contribution >= 0.6 is 11.6 Å². The molecular formula is C26H17ClO5. The molecule has 0 amide bonds. The summed E-state index contributed by atoms with van der Waals surface area (Å²) in [6.07, 6.45) is 3.03. The minimum Gasteiger partial charge on any atom is -0.454 e. The van der Waals surface area contributed by atoms with Gasteiger partial charge in [0.15, 0.2) is 24.0 Å². The lowest BCUT2D eigenvalue weighted by atomic mass is 9.83. The summed E-state index contributed by atoms with van der Waals surface area (Å²) in [6, 6.07) is 14.8. The molecule has 0 unspecified atom stereocenters. The normalized spacial score (nSPS) is 13.9. The van der Waals surface area contributed by atoms with E-state index in [1.165, 1.54) is 17.7 Å². The van der Waals surface area contributed by atoms with E-state index >= 15 is 0 Å². The van der Waals surface area contributed by atoms with Crippen LogP contribution < -0.4 is 0 Å². The number of aryl methyl sites for hydroxylation is 2. The molecule has 32 heavy (non-hydrogen) atoms. The highest BCUT2D eigenvalue weighted by molar-refractivity contribution is 6.41. The van der Waals surface area contributed by atoms with Crippen LogP contribution in [-0.4, -0.2) is 29.9 Å². The van der Waals surface area contributed by atoms with Crippen LogP contribution in [0.3, 0.4) is 0 Å². The fourth-order valence-corrected chi connectivity index (χ4v) is 4.67. The molecule has 5 nitrogen and oxygen atoms in total. The molecule has 0 bridgehead atoms. The quantitative estimate of drug-likeness (QED) is 0.338. The van der Waals surface area contributed by atoms with Crippen molar-refractivity contribution in [1.82, 2.24) is 0 Å². The highest BCUT2D eigenvalue weighted by Gasteiger charge is 2.33. The molecule has 2 aliphatic rings. The lowest BCUT2D eigenvalue weighted by Crippen LogP contribution is -2.23. The molecule has 0 spiro atoms. The number of carbonyl (C=O) groups is 4. The standard InChI is InChI=1S/C26H17ClO5/c27-23-20(11-10-19-22(23)25(30)18-7-2-1-6-17(18)24(19)29)26(31)32-13-21(28)16-9-8-14-4-3-5-15(14)12-16/h1-2,6-12H,3-5,13H2. The maximum atomic E-state index is 13.0. The summed E-state index contributed by atoms with van der Waals surface area (Å²) < 4.78 is 5.20. The number of ketones is 3. The summed E-state index contributed by atoms with van der Waals surface area (Å²) in [5, 5.41) is -0.148. The van der Waals surface area contributed by atoms with Crippen LogP contribution in [0, 0.1) is 0 Å². The molecule has 0 aliphatic heterocycles. The summed E-state index contributed by atoms with van der Waals surface area (Å²) in [5.41, 5.74) is 3.50. The summed E-state index contributed by atoms with van der Waals surface area (Å²) in [4.78, 5) is 50.9. The molecule has 158 valence electrons. The van der Waals surface area contributed by atoms with Crippen molar-refractivity contribution in [2.75, 3.05) is 6.61 Å². The summed E-state index contributed by atoms with van der Waals surface area (Å²) in [5.74, 6) is -1.90. The first-order valence-corrected chi connectivity index (χ1v) is 10.7. The second-order valence-electron chi connectivity index (χ2n) is 7.89. The number of rotatable bonds is 4. The van der Waals surface area contributed by atoms with Crippen molar-refractivity contribution in [2.45, 2.75) is 19.3 Å². The molecule has 0 heterocycles. The number of fused-ring (bicyclic) bond motifs is 3. The minimum atomic E-state index is -0.827. The highest BCUT2D eigenvalue weighted by Crippen LogP contribution is 2.34. The first kappa shape index (κ1) is 20.3. The van der Waals surface area contributed by atoms with Gasteiger partial charge in [-0.3, -0.25) is 14.4 Å². The van der Waals surface area contributed by atoms with Gasteiger partial charge in [0, 0.05) is 22.3 Å². The van der Waals surface area contributed by atoms with E-state index < -0.39 is 18.4 Å². The molecule has 5 rings (SSSR count). The first-order valence-electron chi connectivity index (χ1n) is 10.3. The molecule has 2 aliphatic carbocycles. The minimum absolute atomic E-state index is 0.0187. The number of ether oxygens (including phenoxy) is 1. The van der Waals surface area contributed by atoms with Gasteiger partial charge in [-0.25, -0.2) is 4.79 Å². The van der Waals surface area contributed by atoms with E-state index in [9.17, 15) is 19.2 Å². The van der Waals surface area contributed by atoms with Crippen LogP contribution in [0.2, 0.25) is 5.02 Å². The van der Waals surface area contributed by atoms with Gasteiger partial charge in [0.1, 0.15) is 0 Å². The van der Waals surface area contributed by atoms with E-state index in [0.29, 0.717) is 11.1 Å². The van der Waals surface area contributed by atoms with Gasteiger partial charge in [-0.15, -0.1) is 0 Å². The highest BCUT2D eigenvalue weighted by atomic mass is 35.5. The number of carbonyl (C=O) groups excluding carboxylic acids is 4. The third kappa shape index (κ3) is 3.26. The van der Waals surface area contributed by atoms with Crippen molar-refractivity contribution in [3.05, 3.63) is 104 Å². The third-order valence-corrected chi connectivity index (χ3v) is 6.40. The van der Waals surface area contributed by atoms with Crippen LogP contribution in [0.15, 0.2) is 54.6 Å². The van der Waals surface area contributed by atoms with Crippen molar-refractivity contribution in [3.63, 3.8) is 0 Å². The van der Waals surface area contributed by atoms with E-state index in [-0.39, 0.29) is 38.8 Å². The third-order valence-electron chi connectivity index (χ3n) is 6.00. The molecule has 3 aromatic rings. The molecule has 0 N–H and O–H groups in total. The molecule has 0 saturated carbocycles. The Morgan fingerprint density at radius 1 is 0.844 bits per heavy atom. The monoisotopic (exact) mass is 444 g/mol. The number of Topliss-reactive ketones (excluding diaryl/α,β-unsaturated/α-hetero) is 1. The summed E-state index contributed by atoms with van der Waals surface area (Å²) in [7, 11) is 0. The van der Waals surface area contributed by atoms with E-state index in [1.54, 1.807) is 30.3 Å². The van der Waals surface area contributed by atoms with Crippen LogP contribution in [-0.2, 0) is 17.6 Å². The fourth-order valence-electron chi connectivity index (χ4n) is 4.34. The zero-order valence-corrected chi connectivity index (χ0v) is 17.7. The Hall–Kier alpha value is -3.57. The SMILES string of the molecule is O=C(COC(=O)c1ccc2c(c1Cl)C(=O)c1ccccc1C2=O)c1ccc2c(c1)CCC2. The molecule has 0 radical (unpaired) electrons. The maximum Gasteiger partial charge on any atom is 0.340 e. The number of hydrogen-bond donors (Lipinski definition) is 0. The Kier molecular flexibility index (Phi) is 4.98. The van der Waals surface area contributed by atoms with E-state index in [2.05, 4.69) is 0 Å². The van der Waals surface area contributed by atoms with Gasteiger partial charge in [0.25, 0.3) is 0 Å². The molecule has 0 saturated heterocycles. The second-order valence-corrected chi connectivity index (χ2v) is 8.27. The van der Waals surface area contributed by atoms with Gasteiger partial charge in [-0.05, 0) is 48.6 Å². The molecule has 6 heteroatoms. The molecule has 0 atom stereocenters. The van der Waals surface area contributed by atoms with Crippen molar-refractivity contribution in [2.24, 2.45) is 0 Å². The predicted molar refractivity (Wildman–Crippen MR) is 118 cm³/mol. The van der Waals surface area contributed by atoms with Gasteiger partial charge in [-0.1, -0.05) is 48.0 Å².